The van der Waals surface area contributed by atoms with Crippen molar-refractivity contribution in [2.75, 3.05) is 19.6 Å². The SMILES string of the molecule is CC(CCNC(=O)c1ccc(OC(F)F)cc1)CC(=O)N1CCC2C1C(=O)CN2S(=O)(=O)c1cccnc1. The predicted molar refractivity (Wildman–Crippen MR) is 131 cm³/mol. The number of amides is 2. The third kappa shape index (κ3) is 5.99. The molecule has 3 atom stereocenters. The number of carbonyl (C=O) groups is 3. The number of Topliss-reactive ketones (excluding diaryl/α,β-unsaturated/α-hetero) is 1. The molecule has 1 aromatic carbocycles. The summed E-state index contributed by atoms with van der Waals surface area (Å²) in [5.74, 6) is -1.10. The van der Waals surface area contributed by atoms with Crippen molar-refractivity contribution in [2.45, 2.75) is 49.8 Å². The zero-order chi connectivity index (χ0) is 27.4. The average molecular weight is 551 g/mol. The zero-order valence-electron chi connectivity index (χ0n) is 20.6. The van der Waals surface area contributed by atoms with Crippen molar-refractivity contribution in [3.8, 4) is 5.75 Å². The van der Waals surface area contributed by atoms with E-state index >= 15 is 0 Å². The van der Waals surface area contributed by atoms with Gasteiger partial charge in [-0.05, 0) is 55.2 Å². The van der Waals surface area contributed by atoms with Crippen LogP contribution in [0.1, 0.15) is 36.5 Å². The van der Waals surface area contributed by atoms with E-state index in [1.54, 1.807) is 0 Å². The lowest BCUT2D eigenvalue weighted by molar-refractivity contribution is -0.137. The van der Waals surface area contributed by atoms with Crippen LogP contribution in [0.5, 0.6) is 5.75 Å². The highest BCUT2D eigenvalue weighted by molar-refractivity contribution is 7.89. The lowest BCUT2D eigenvalue weighted by atomic mass is 10.0. The molecule has 3 heterocycles. The Hall–Kier alpha value is -3.45. The summed E-state index contributed by atoms with van der Waals surface area (Å²) in [7, 11) is -3.92. The average Bonchev–Trinajstić information content (AvgIpc) is 3.46. The Labute approximate surface area is 219 Å². The fourth-order valence-corrected chi connectivity index (χ4v) is 6.44. The number of rotatable bonds is 10. The summed E-state index contributed by atoms with van der Waals surface area (Å²) in [5.41, 5.74) is 0.281. The summed E-state index contributed by atoms with van der Waals surface area (Å²) in [6, 6.07) is 6.83. The molecule has 2 aliphatic heterocycles. The molecule has 2 amide bonds. The number of hydrogen-bond donors (Lipinski definition) is 1. The Bertz CT molecular complexity index is 1280. The molecule has 2 aliphatic rings. The number of carbonyl (C=O) groups excluding carboxylic acids is 3. The van der Waals surface area contributed by atoms with Crippen LogP contribution in [-0.4, -0.2) is 78.5 Å². The van der Waals surface area contributed by atoms with E-state index in [1.807, 2.05) is 6.92 Å². The van der Waals surface area contributed by atoms with Crippen LogP contribution in [0.3, 0.4) is 0 Å². The molecule has 2 fully saturated rings. The number of alkyl halides is 2. The van der Waals surface area contributed by atoms with Gasteiger partial charge in [0.2, 0.25) is 15.9 Å². The Morgan fingerprint density at radius 3 is 2.61 bits per heavy atom. The number of ether oxygens (including phenoxy) is 1. The highest BCUT2D eigenvalue weighted by Crippen LogP contribution is 2.34. The van der Waals surface area contributed by atoms with E-state index in [-0.39, 0.29) is 65.8 Å². The second kappa shape index (κ2) is 11.5. The van der Waals surface area contributed by atoms with Crippen molar-refractivity contribution in [3.05, 3.63) is 54.4 Å². The van der Waals surface area contributed by atoms with Gasteiger partial charge in [-0.3, -0.25) is 19.4 Å². The van der Waals surface area contributed by atoms with Gasteiger partial charge in [0.1, 0.15) is 16.7 Å². The Morgan fingerprint density at radius 2 is 1.95 bits per heavy atom. The molecule has 2 aromatic rings. The molecule has 3 unspecified atom stereocenters. The summed E-state index contributed by atoms with van der Waals surface area (Å²) in [5, 5.41) is 2.73. The maximum Gasteiger partial charge on any atom is 0.387 e. The van der Waals surface area contributed by atoms with Gasteiger partial charge in [0, 0.05) is 37.5 Å². The van der Waals surface area contributed by atoms with E-state index in [0.717, 1.165) is 0 Å². The number of nitrogens with zero attached hydrogens (tertiary/aromatic N) is 3. The molecule has 0 radical (unpaired) electrons. The fraction of sp³-hybridized carbons (Fsp3) is 0.440. The quantitative estimate of drug-likeness (QED) is 0.480. The maximum absolute atomic E-state index is 13.1. The van der Waals surface area contributed by atoms with Crippen molar-refractivity contribution >= 4 is 27.6 Å². The minimum atomic E-state index is -3.92. The van der Waals surface area contributed by atoms with Crippen molar-refractivity contribution in [1.29, 1.82) is 0 Å². The van der Waals surface area contributed by atoms with E-state index in [1.165, 1.54) is 58.0 Å². The molecule has 2 saturated heterocycles. The first-order valence-electron chi connectivity index (χ1n) is 12.1. The number of halogens is 2. The topological polar surface area (TPSA) is 126 Å². The molecule has 13 heteroatoms. The van der Waals surface area contributed by atoms with Crippen LogP contribution in [0.25, 0.3) is 0 Å². The number of pyridine rings is 1. The smallest absolute Gasteiger partial charge is 0.387 e. The van der Waals surface area contributed by atoms with Gasteiger partial charge in [-0.2, -0.15) is 13.1 Å². The summed E-state index contributed by atoms with van der Waals surface area (Å²) in [4.78, 5) is 43.5. The zero-order valence-corrected chi connectivity index (χ0v) is 21.4. The molecule has 10 nitrogen and oxygen atoms in total. The summed E-state index contributed by atoms with van der Waals surface area (Å²) >= 11 is 0. The van der Waals surface area contributed by atoms with Crippen LogP contribution in [0.15, 0.2) is 53.7 Å². The fourth-order valence-electron chi connectivity index (χ4n) is 4.85. The molecule has 0 aliphatic carbocycles. The highest BCUT2D eigenvalue weighted by atomic mass is 32.2. The Morgan fingerprint density at radius 1 is 1.21 bits per heavy atom. The Kier molecular flexibility index (Phi) is 8.36. The number of sulfonamides is 1. The van der Waals surface area contributed by atoms with E-state index in [2.05, 4.69) is 15.0 Å². The first-order valence-corrected chi connectivity index (χ1v) is 13.6. The predicted octanol–water partition coefficient (Wildman–Crippen LogP) is 2.07. The summed E-state index contributed by atoms with van der Waals surface area (Å²) in [6.07, 6.45) is 3.70. The third-order valence-electron chi connectivity index (χ3n) is 6.73. The number of aromatic nitrogens is 1. The van der Waals surface area contributed by atoms with E-state index in [9.17, 15) is 31.6 Å². The van der Waals surface area contributed by atoms with Crippen LogP contribution in [0.4, 0.5) is 8.78 Å². The van der Waals surface area contributed by atoms with Crippen molar-refractivity contribution in [1.82, 2.24) is 19.5 Å². The van der Waals surface area contributed by atoms with Crippen LogP contribution in [0, 0.1) is 5.92 Å². The van der Waals surface area contributed by atoms with Gasteiger partial charge in [0.05, 0.1) is 12.6 Å². The molecular weight excluding hydrogens is 522 g/mol. The normalized spacial score (nSPS) is 20.4. The second-order valence-corrected chi connectivity index (χ2v) is 11.2. The van der Waals surface area contributed by atoms with Crippen LogP contribution in [0.2, 0.25) is 0 Å². The third-order valence-corrected chi connectivity index (χ3v) is 8.58. The van der Waals surface area contributed by atoms with E-state index in [4.69, 9.17) is 0 Å². The number of benzene rings is 1. The van der Waals surface area contributed by atoms with Crippen LogP contribution in [-0.2, 0) is 19.6 Å². The number of hydrogen-bond acceptors (Lipinski definition) is 7. The van der Waals surface area contributed by atoms with Crippen LogP contribution < -0.4 is 10.1 Å². The van der Waals surface area contributed by atoms with Gasteiger partial charge in [0.15, 0.2) is 5.78 Å². The lowest BCUT2D eigenvalue weighted by Gasteiger charge is -2.25. The molecule has 1 aromatic heterocycles. The minimum Gasteiger partial charge on any atom is -0.435 e. The largest absolute Gasteiger partial charge is 0.435 e. The van der Waals surface area contributed by atoms with Crippen molar-refractivity contribution in [2.24, 2.45) is 5.92 Å². The summed E-state index contributed by atoms with van der Waals surface area (Å²) in [6.45, 7) is -0.814. The number of ketones is 1. The number of nitrogens with one attached hydrogen (secondary N) is 1. The standard InChI is InChI=1S/C25H28F2N4O6S/c1-16(8-11-29-24(34)17-4-6-18(7-5-17)37-25(26)27)13-22(33)30-12-9-20-23(30)21(32)15-31(20)38(35,36)19-3-2-10-28-14-19/h2-7,10,14,16,20,23,25H,8-9,11-13,15H2,1H3,(H,29,34). The number of likely N-dealkylation sites (tertiary alicyclic amines) is 1. The first-order chi connectivity index (χ1) is 18.1. The van der Waals surface area contributed by atoms with E-state index < -0.39 is 28.7 Å². The highest BCUT2D eigenvalue weighted by Gasteiger charge is 2.53. The van der Waals surface area contributed by atoms with Gasteiger partial charge in [-0.25, -0.2) is 8.42 Å². The molecule has 0 spiro atoms. The molecule has 0 bridgehead atoms. The molecule has 38 heavy (non-hydrogen) atoms. The Balaban J connectivity index is 1.27. The van der Waals surface area contributed by atoms with Gasteiger partial charge in [-0.1, -0.05) is 6.92 Å². The van der Waals surface area contributed by atoms with Crippen LogP contribution >= 0.6 is 0 Å². The first kappa shape index (κ1) is 27.6. The molecular formula is C25H28F2N4O6S. The van der Waals surface area contributed by atoms with E-state index in [0.29, 0.717) is 12.8 Å². The maximum atomic E-state index is 13.1. The number of fused-ring (bicyclic) bond motifs is 1. The lowest BCUT2D eigenvalue weighted by Crippen LogP contribution is -2.44. The monoisotopic (exact) mass is 550 g/mol. The minimum absolute atomic E-state index is 0.00586. The van der Waals surface area contributed by atoms with Gasteiger partial charge >= 0.3 is 6.61 Å². The molecule has 0 saturated carbocycles. The van der Waals surface area contributed by atoms with Gasteiger partial charge < -0.3 is 15.0 Å². The second-order valence-electron chi connectivity index (χ2n) is 9.35. The molecule has 204 valence electrons. The van der Waals surface area contributed by atoms with Crippen molar-refractivity contribution in [3.63, 3.8) is 0 Å². The molecule has 1 N–H and O–H groups in total. The van der Waals surface area contributed by atoms with Crippen molar-refractivity contribution < 1.29 is 36.3 Å². The van der Waals surface area contributed by atoms with Gasteiger partial charge in [-0.15, -0.1) is 0 Å². The summed E-state index contributed by atoms with van der Waals surface area (Å²) < 4.78 is 56.1. The molecule has 4 rings (SSSR count). The van der Waals surface area contributed by atoms with Gasteiger partial charge in [0.25, 0.3) is 5.91 Å².